The van der Waals surface area contributed by atoms with E-state index in [4.69, 9.17) is 5.21 Å². The number of carbonyl (C=O) groups is 3. The molecule has 3 amide bonds. The Morgan fingerprint density at radius 1 is 0.941 bits per heavy atom. The molecule has 0 unspecified atom stereocenters. The molecule has 1 heterocycles. The third-order valence-electron chi connectivity index (χ3n) is 4.91. The van der Waals surface area contributed by atoms with E-state index in [2.05, 4.69) is 20.9 Å². The van der Waals surface area contributed by atoms with Crippen molar-refractivity contribution in [2.45, 2.75) is 19.1 Å². The first-order chi connectivity index (χ1) is 16.4. The number of rotatable bonds is 9. The van der Waals surface area contributed by atoms with Gasteiger partial charge in [-0.3, -0.25) is 19.6 Å². The third kappa shape index (κ3) is 6.61. The van der Waals surface area contributed by atoms with Crippen molar-refractivity contribution in [1.82, 2.24) is 15.8 Å². The van der Waals surface area contributed by atoms with Gasteiger partial charge < -0.3 is 21.1 Å². The minimum absolute atomic E-state index is 0.0815. The molecule has 6 N–H and O–H groups in total. The predicted molar refractivity (Wildman–Crippen MR) is 126 cm³/mol. The van der Waals surface area contributed by atoms with Gasteiger partial charge >= 0.3 is 0 Å². The number of nitrogens with one attached hydrogen (secondary N) is 4. The van der Waals surface area contributed by atoms with Crippen molar-refractivity contribution in [3.05, 3.63) is 78.5 Å². The molecule has 1 aromatic heterocycles. The van der Waals surface area contributed by atoms with Gasteiger partial charge in [0.25, 0.3) is 11.8 Å². The Morgan fingerprint density at radius 2 is 1.59 bits per heavy atom. The highest BCUT2D eigenvalue weighted by atomic mass is 16.5. The molecule has 0 aliphatic carbocycles. The zero-order valence-electron chi connectivity index (χ0n) is 18.4. The van der Waals surface area contributed by atoms with Crippen LogP contribution in [0.1, 0.15) is 17.3 Å². The number of anilines is 2. The van der Waals surface area contributed by atoms with Crippen molar-refractivity contribution < 1.29 is 24.7 Å². The number of aromatic nitrogens is 1. The van der Waals surface area contributed by atoms with Crippen molar-refractivity contribution in [1.29, 1.82) is 0 Å². The van der Waals surface area contributed by atoms with Gasteiger partial charge in [0.15, 0.2) is 0 Å². The first-order valence-electron chi connectivity index (χ1n) is 10.5. The minimum atomic E-state index is -1.29. The zero-order valence-corrected chi connectivity index (χ0v) is 18.4. The van der Waals surface area contributed by atoms with E-state index in [1.165, 1.54) is 12.4 Å². The Hall–Kier alpha value is -4.28. The summed E-state index contributed by atoms with van der Waals surface area (Å²) in [6, 6.07) is 18.0. The molecule has 2 atom stereocenters. The van der Waals surface area contributed by atoms with Gasteiger partial charge in [-0.2, -0.15) is 0 Å². The molecule has 0 fully saturated rings. The van der Waals surface area contributed by atoms with Crippen LogP contribution in [0.15, 0.2) is 72.9 Å². The molecular formula is C24H25N5O5. The van der Waals surface area contributed by atoms with E-state index < -0.39 is 24.0 Å². The minimum Gasteiger partial charge on any atom is -0.391 e. The highest BCUT2D eigenvalue weighted by Gasteiger charge is 2.25. The lowest BCUT2D eigenvalue weighted by Crippen LogP contribution is -2.51. The number of hydrogen-bond donors (Lipinski definition) is 6. The fraction of sp³-hybridized carbons (Fsp3) is 0.167. The second-order valence-electron chi connectivity index (χ2n) is 7.44. The van der Waals surface area contributed by atoms with Crippen LogP contribution in [-0.4, -0.2) is 51.7 Å². The SMILES string of the molecule is C[C@@H](O)[C@H](NC(=O)c1ccc(-c2ccc(NC(=O)CNc3ccccn3)cc2)cc1)C(=O)NO. The summed E-state index contributed by atoms with van der Waals surface area (Å²) in [5, 5.41) is 26.5. The summed E-state index contributed by atoms with van der Waals surface area (Å²) < 4.78 is 0. The normalized spacial score (nSPS) is 12.2. The largest absolute Gasteiger partial charge is 0.391 e. The average molecular weight is 463 g/mol. The summed E-state index contributed by atoms with van der Waals surface area (Å²) in [5.41, 5.74) is 4.05. The van der Waals surface area contributed by atoms with E-state index in [-0.39, 0.29) is 18.0 Å². The summed E-state index contributed by atoms with van der Waals surface area (Å²) in [5.74, 6) is -1.08. The molecule has 0 radical (unpaired) electrons. The molecule has 0 bridgehead atoms. The van der Waals surface area contributed by atoms with Crippen LogP contribution in [0.3, 0.4) is 0 Å². The Balaban J connectivity index is 1.57. The van der Waals surface area contributed by atoms with Crippen LogP contribution in [0.25, 0.3) is 11.1 Å². The van der Waals surface area contributed by atoms with E-state index in [0.29, 0.717) is 11.5 Å². The molecule has 3 rings (SSSR count). The number of nitrogens with zero attached hydrogens (tertiary/aromatic N) is 1. The molecule has 0 saturated heterocycles. The maximum Gasteiger partial charge on any atom is 0.268 e. The van der Waals surface area contributed by atoms with Crippen molar-refractivity contribution in [3.8, 4) is 11.1 Å². The van der Waals surface area contributed by atoms with Gasteiger partial charge in [0, 0.05) is 17.4 Å². The smallest absolute Gasteiger partial charge is 0.268 e. The highest BCUT2D eigenvalue weighted by molar-refractivity contribution is 5.98. The second-order valence-corrected chi connectivity index (χ2v) is 7.44. The van der Waals surface area contributed by atoms with Gasteiger partial charge in [-0.1, -0.05) is 30.3 Å². The van der Waals surface area contributed by atoms with Gasteiger partial charge in [-0.15, -0.1) is 0 Å². The molecule has 0 aliphatic rings. The van der Waals surface area contributed by atoms with Crippen LogP contribution >= 0.6 is 0 Å². The van der Waals surface area contributed by atoms with E-state index in [1.54, 1.807) is 54.7 Å². The number of carbonyl (C=O) groups excluding carboxylic acids is 3. The van der Waals surface area contributed by atoms with Crippen LogP contribution in [0.2, 0.25) is 0 Å². The number of amides is 3. The number of pyridine rings is 1. The van der Waals surface area contributed by atoms with Crippen LogP contribution in [0.5, 0.6) is 0 Å². The number of hydroxylamine groups is 1. The Morgan fingerprint density at radius 3 is 2.15 bits per heavy atom. The lowest BCUT2D eigenvalue weighted by atomic mass is 10.0. The Bertz CT molecular complexity index is 1120. The molecule has 2 aromatic carbocycles. The van der Waals surface area contributed by atoms with Gasteiger partial charge in [-0.05, 0) is 54.4 Å². The van der Waals surface area contributed by atoms with Gasteiger partial charge in [-0.25, -0.2) is 10.5 Å². The zero-order chi connectivity index (χ0) is 24.5. The summed E-state index contributed by atoms with van der Waals surface area (Å²) >= 11 is 0. The van der Waals surface area contributed by atoms with E-state index in [1.807, 2.05) is 18.2 Å². The van der Waals surface area contributed by atoms with Crippen molar-refractivity contribution >= 4 is 29.2 Å². The lowest BCUT2D eigenvalue weighted by Gasteiger charge is -2.19. The van der Waals surface area contributed by atoms with Crippen LogP contribution in [0.4, 0.5) is 11.5 Å². The Kier molecular flexibility index (Phi) is 8.27. The topological polar surface area (TPSA) is 153 Å². The van der Waals surface area contributed by atoms with Crippen LogP contribution < -0.4 is 21.4 Å². The fourth-order valence-electron chi connectivity index (χ4n) is 3.10. The molecule has 176 valence electrons. The molecule has 10 nitrogen and oxygen atoms in total. The monoisotopic (exact) mass is 463 g/mol. The quantitative estimate of drug-likeness (QED) is 0.209. The first-order valence-corrected chi connectivity index (χ1v) is 10.5. The van der Waals surface area contributed by atoms with E-state index in [9.17, 15) is 19.5 Å². The van der Waals surface area contributed by atoms with Crippen molar-refractivity contribution in [3.63, 3.8) is 0 Å². The van der Waals surface area contributed by atoms with Gasteiger partial charge in [0.1, 0.15) is 11.9 Å². The van der Waals surface area contributed by atoms with Gasteiger partial charge in [0.05, 0.1) is 12.6 Å². The van der Waals surface area contributed by atoms with Gasteiger partial charge in [0.2, 0.25) is 5.91 Å². The van der Waals surface area contributed by atoms with E-state index >= 15 is 0 Å². The molecule has 34 heavy (non-hydrogen) atoms. The summed E-state index contributed by atoms with van der Waals surface area (Å²) in [6.45, 7) is 1.41. The van der Waals surface area contributed by atoms with Crippen molar-refractivity contribution in [2.75, 3.05) is 17.2 Å². The fourth-order valence-corrected chi connectivity index (χ4v) is 3.10. The molecule has 0 saturated carbocycles. The Labute approximate surface area is 196 Å². The molecule has 3 aromatic rings. The summed E-state index contributed by atoms with van der Waals surface area (Å²) in [4.78, 5) is 40.2. The molecule has 0 spiro atoms. The van der Waals surface area contributed by atoms with Crippen molar-refractivity contribution in [2.24, 2.45) is 0 Å². The average Bonchev–Trinajstić information content (AvgIpc) is 2.86. The second kappa shape index (κ2) is 11.5. The predicted octanol–water partition coefficient (Wildman–Crippen LogP) is 1.78. The third-order valence-corrected chi connectivity index (χ3v) is 4.91. The maximum absolute atomic E-state index is 12.4. The number of benzene rings is 2. The molecule has 0 aliphatic heterocycles. The van der Waals surface area contributed by atoms with Crippen LogP contribution in [-0.2, 0) is 9.59 Å². The lowest BCUT2D eigenvalue weighted by molar-refractivity contribution is -0.133. The molecular weight excluding hydrogens is 438 g/mol. The number of aliphatic hydroxyl groups excluding tert-OH is 1. The standard InChI is InChI=1S/C24H25N5O5/c1-15(30)22(24(33)29-34)28-23(32)18-7-5-16(6-8-18)17-9-11-19(12-10-17)27-21(31)14-26-20-4-2-3-13-25-20/h2-13,15,22,30,34H,14H2,1H3,(H,25,26)(H,27,31)(H,28,32)(H,29,33)/t15-,22+/m1/s1. The molecule has 10 heteroatoms. The maximum atomic E-state index is 12.4. The van der Waals surface area contributed by atoms with Crippen LogP contribution in [0, 0.1) is 0 Å². The first kappa shape index (κ1) is 24.4. The number of hydrogen-bond acceptors (Lipinski definition) is 7. The summed E-state index contributed by atoms with van der Waals surface area (Å²) in [7, 11) is 0. The summed E-state index contributed by atoms with van der Waals surface area (Å²) in [6.07, 6.45) is 0.445. The van der Waals surface area contributed by atoms with E-state index in [0.717, 1.165) is 11.1 Å². The highest BCUT2D eigenvalue weighted by Crippen LogP contribution is 2.22. The number of aliphatic hydroxyl groups is 1.